The van der Waals surface area contributed by atoms with Gasteiger partial charge in [-0.1, -0.05) is 13.2 Å². The van der Waals surface area contributed by atoms with E-state index >= 15 is 0 Å². The quantitative estimate of drug-likeness (QED) is 0.761. The molecule has 1 aromatic rings. The first-order chi connectivity index (χ1) is 7.69. The molecule has 0 atom stereocenters. The van der Waals surface area contributed by atoms with Crippen LogP contribution in [0, 0.1) is 0 Å². The topological polar surface area (TPSA) is 38.1 Å². The third-order valence-corrected chi connectivity index (χ3v) is 2.37. The summed E-state index contributed by atoms with van der Waals surface area (Å²) in [6, 6.07) is 0. The van der Waals surface area contributed by atoms with E-state index in [1.165, 1.54) is 0 Å². The van der Waals surface area contributed by atoms with Gasteiger partial charge < -0.3 is 9.47 Å². The molecule has 2 rings (SSSR count). The Morgan fingerprint density at radius 2 is 2.25 bits per heavy atom. The molecule has 0 saturated carbocycles. The number of aromatic nitrogens is 2. The highest BCUT2D eigenvalue weighted by Crippen LogP contribution is 2.08. The van der Waals surface area contributed by atoms with Gasteiger partial charge in [-0.25, -0.2) is 4.98 Å². The minimum absolute atomic E-state index is 0.208. The van der Waals surface area contributed by atoms with E-state index in [4.69, 9.17) is 0 Å². The average Bonchev–Trinajstić information content (AvgIpc) is 2.87. The molecule has 2 heterocycles. The fraction of sp³-hybridized carbons (Fsp3) is 0.333. The highest BCUT2D eigenvalue weighted by Gasteiger charge is 2.15. The molecule has 1 aliphatic rings. The van der Waals surface area contributed by atoms with Gasteiger partial charge in [0.1, 0.15) is 5.82 Å². The van der Waals surface area contributed by atoms with Gasteiger partial charge in [-0.2, -0.15) is 0 Å². The van der Waals surface area contributed by atoms with Crippen molar-refractivity contribution in [2.75, 3.05) is 6.54 Å². The molecule has 4 nitrogen and oxygen atoms in total. The van der Waals surface area contributed by atoms with Crippen molar-refractivity contribution < 1.29 is 4.79 Å². The van der Waals surface area contributed by atoms with Crippen LogP contribution in [0.25, 0.3) is 6.08 Å². The lowest BCUT2D eigenvalue weighted by Crippen LogP contribution is -2.16. The van der Waals surface area contributed by atoms with Gasteiger partial charge >= 0.3 is 0 Å². The van der Waals surface area contributed by atoms with Gasteiger partial charge in [0.05, 0.1) is 0 Å². The first-order valence-corrected chi connectivity index (χ1v) is 5.21. The van der Waals surface area contributed by atoms with Crippen molar-refractivity contribution >= 4 is 12.0 Å². The normalized spacial score (nSPS) is 14.3. The lowest BCUT2D eigenvalue weighted by atomic mass is 10.4. The third-order valence-electron chi connectivity index (χ3n) is 2.37. The Bertz CT molecular complexity index is 381. The molecule has 4 heteroatoms. The fourth-order valence-corrected chi connectivity index (χ4v) is 1.44. The Balaban J connectivity index is 0.000000160. The number of hydrogen-bond acceptors (Lipinski definition) is 2. The minimum atomic E-state index is 0.208. The first kappa shape index (κ1) is 12.2. The molecular weight excluding hydrogens is 202 g/mol. The van der Waals surface area contributed by atoms with Crippen molar-refractivity contribution in [2.45, 2.75) is 12.8 Å². The van der Waals surface area contributed by atoms with Crippen molar-refractivity contribution in [1.29, 1.82) is 0 Å². The molecule has 0 bridgehead atoms. The largest absolute Gasteiger partial charge is 0.335 e. The number of carbonyl (C=O) groups is 1. The molecule has 1 aromatic heterocycles. The van der Waals surface area contributed by atoms with E-state index in [1.807, 2.05) is 17.8 Å². The number of carbonyl (C=O) groups excluding carboxylic acids is 1. The summed E-state index contributed by atoms with van der Waals surface area (Å²) in [4.78, 5) is 16.3. The zero-order valence-electron chi connectivity index (χ0n) is 9.59. The molecule has 1 amide bonds. The van der Waals surface area contributed by atoms with Crippen LogP contribution in [0.2, 0.25) is 0 Å². The predicted octanol–water partition coefficient (Wildman–Crippen LogP) is 1.82. The Kier molecular flexibility index (Phi) is 4.51. The van der Waals surface area contributed by atoms with Crippen LogP contribution in [0.15, 0.2) is 31.8 Å². The van der Waals surface area contributed by atoms with Crippen LogP contribution in [0.5, 0.6) is 0 Å². The van der Waals surface area contributed by atoms with Crippen LogP contribution in [0.4, 0.5) is 0 Å². The van der Waals surface area contributed by atoms with Gasteiger partial charge in [0, 0.05) is 32.4 Å². The van der Waals surface area contributed by atoms with Crippen molar-refractivity contribution in [1.82, 2.24) is 14.5 Å². The molecule has 0 radical (unpaired) electrons. The minimum Gasteiger partial charge on any atom is -0.335 e. The predicted molar refractivity (Wildman–Crippen MR) is 64.4 cm³/mol. The Hall–Kier alpha value is -1.84. The Morgan fingerprint density at radius 1 is 1.50 bits per heavy atom. The van der Waals surface area contributed by atoms with Crippen LogP contribution in [0.3, 0.4) is 0 Å². The molecule has 0 spiro atoms. The van der Waals surface area contributed by atoms with Crippen LogP contribution in [-0.2, 0) is 11.8 Å². The maximum atomic E-state index is 10.7. The molecule has 0 unspecified atom stereocenters. The molecule has 1 aliphatic heterocycles. The Labute approximate surface area is 95.9 Å². The number of likely N-dealkylation sites (tertiary alicyclic amines) is 1. The Morgan fingerprint density at radius 3 is 2.50 bits per heavy atom. The van der Waals surface area contributed by atoms with E-state index in [-0.39, 0.29) is 5.91 Å². The molecule has 86 valence electrons. The van der Waals surface area contributed by atoms with E-state index in [0.29, 0.717) is 6.42 Å². The van der Waals surface area contributed by atoms with Gasteiger partial charge in [-0.15, -0.1) is 0 Å². The summed E-state index contributed by atoms with van der Waals surface area (Å²) < 4.78 is 1.91. The summed E-state index contributed by atoms with van der Waals surface area (Å²) in [5.41, 5.74) is 0. The number of imidazole rings is 1. The zero-order valence-corrected chi connectivity index (χ0v) is 9.59. The van der Waals surface area contributed by atoms with E-state index < -0.39 is 0 Å². The van der Waals surface area contributed by atoms with Crippen molar-refractivity contribution in [3.8, 4) is 0 Å². The molecule has 1 fully saturated rings. The van der Waals surface area contributed by atoms with E-state index in [9.17, 15) is 4.79 Å². The van der Waals surface area contributed by atoms with Crippen LogP contribution in [0.1, 0.15) is 18.7 Å². The van der Waals surface area contributed by atoms with Gasteiger partial charge in [0.25, 0.3) is 0 Å². The van der Waals surface area contributed by atoms with Gasteiger partial charge in [0.2, 0.25) is 5.91 Å². The second kappa shape index (κ2) is 5.90. The monoisotopic (exact) mass is 219 g/mol. The van der Waals surface area contributed by atoms with Crippen LogP contribution >= 0.6 is 0 Å². The van der Waals surface area contributed by atoms with Crippen LogP contribution in [-0.4, -0.2) is 26.9 Å². The summed E-state index contributed by atoms with van der Waals surface area (Å²) in [5, 5.41) is 0. The van der Waals surface area contributed by atoms with Gasteiger partial charge in [-0.05, 0) is 18.7 Å². The second-order valence-corrected chi connectivity index (χ2v) is 3.47. The SMILES string of the molecule is C=CN1CCCC1=O.C=Cc1nccn1C. The number of rotatable bonds is 2. The van der Waals surface area contributed by atoms with E-state index in [0.717, 1.165) is 18.8 Å². The summed E-state index contributed by atoms with van der Waals surface area (Å²) in [5.74, 6) is 1.12. The summed E-state index contributed by atoms with van der Waals surface area (Å²) in [6.45, 7) is 7.94. The maximum absolute atomic E-state index is 10.7. The number of amides is 1. The number of hydrogen-bond donors (Lipinski definition) is 0. The molecule has 0 aromatic carbocycles. The molecular formula is C12H17N3O. The standard InChI is InChI=1S/C6H8N2.C6H9NO/c1-3-6-7-4-5-8(6)2;1-2-7-5-3-4-6(7)8/h3-5H,1H2,2H3;2H,1,3-5H2. The van der Waals surface area contributed by atoms with E-state index in [2.05, 4.69) is 18.1 Å². The van der Waals surface area contributed by atoms with Gasteiger partial charge in [-0.3, -0.25) is 4.79 Å². The summed E-state index contributed by atoms with van der Waals surface area (Å²) >= 11 is 0. The average molecular weight is 219 g/mol. The number of nitrogens with zero attached hydrogens (tertiary/aromatic N) is 3. The molecule has 16 heavy (non-hydrogen) atoms. The van der Waals surface area contributed by atoms with Crippen LogP contribution < -0.4 is 0 Å². The van der Waals surface area contributed by atoms with Gasteiger partial charge in [0.15, 0.2) is 0 Å². The molecule has 0 aliphatic carbocycles. The third kappa shape index (κ3) is 3.08. The lowest BCUT2D eigenvalue weighted by molar-refractivity contribution is -0.125. The van der Waals surface area contributed by atoms with E-state index in [1.54, 1.807) is 23.4 Å². The van der Waals surface area contributed by atoms with Crippen molar-refractivity contribution in [3.63, 3.8) is 0 Å². The smallest absolute Gasteiger partial charge is 0.226 e. The zero-order chi connectivity index (χ0) is 12.0. The summed E-state index contributed by atoms with van der Waals surface area (Å²) in [6.07, 6.45) is 8.64. The first-order valence-electron chi connectivity index (χ1n) is 5.21. The lowest BCUT2D eigenvalue weighted by Gasteiger charge is -2.05. The van der Waals surface area contributed by atoms with Crippen molar-refractivity contribution in [3.05, 3.63) is 37.6 Å². The fourth-order valence-electron chi connectivity index (χ4n) is 1.44. The second-order valence-electron chi connectivity index (χ2n) is 3.47. The maximum Gasteiger partial charge on any atom is 0.226 e. The highest BCUT2D eigenvalue weighted by molar-refractivity contribution is 5.78. The molecule has 1 saturated heterocycles. The highest BCUT2D eigenvalue weighted by atomic mass is 16.2. The molecule has 0 N–H and O–H groups in total. The van der Waals surface area contributed by atoms with Crippen molar-refractivity contribution in [2.24, 2.45) is 7.05 Å². The number of aryl methyl sites for hydroxylation is 1. The summed E-state index contributed by atoms with van der Waals surface area (Å²) in [7, 11) is 1.93.